The number of pyridine rings is 1. The highest BCUT2D eigenvalue weighted by Gasteiger charge is 2.05. The molecular formula is C16H19N3O. The van der Waals surface area contributed by atoms with Gasteiger partial charge in [0.25, 0.3) is 5.91 Å². The normalized spacial score (nSPS) is 10.5. The second-order valence-corrected chi connectivity index (χ2v) is 4.72. The zero-order chi connectivity index (χ0) is 14.2. The highest BCUT2D eigenvalue weighted by atomic mass is 16.1. The monoisotopic (exact) mass is 269 g/mol. The van der Waals surface area contributed by atoms with Crippen molar-refractivity contribution in [3.8, 4) is 0 Å². The molecule has 0 spiro atoms. The number of carbonyl (C=O) groups excluding carboxylic acids is 1. The number of benzene rings is 1. The smallest absolute Gasteiger partial charge is 0.252 e. The molecule has 0 saturated carbocycles. The predicted octanol–water partition coefficient (Wildman–Crippen LogP) is 1.94. The van der Waals surface area contributed by atoms with Crippen molar-refractivity contribution < 1.29 is 4.79 Å². The summed E-state index contributed by atoms with van der Waals surface area (Å²) in [4.78, 5) is 17.9. The van der Waals surface area contributed by atoms with Crippen LogP contribution in [-0.2, 0) is 6.54 Å². The van der Waals surface area contributed by atoms with E-state index in [1.807, 2.05) is 25.2 Å². The van der Waals surface area contributed by atoms with E-state index in [1.165, 1.54) is 5.56 Å². The van der Waals surface area contributed by atoms with Gasteiger partial charge in [-0.3, -0.25) is 9.78 Å². The molecule has 0 bridgehead atoms. The Morgan fingerprint density at radius 1 is 1.20 bits per heavy atom. The van der Waals surface area contributed by atoms with Gasteiger partial charge in [-0.1, -0.05) is 30.3 Å². The van der Waals surface area contributed by atoms with Crippen LogP contribution >= 0.6 is 0 Å². The molecule has 20 heavy (non-hydrogen) atoms. The van der Waals surface area contributed by atoms with Crippen molar-refractivity contribution in [3.63, 3.8) is 0 Å². The summed E-state index contributed by atoms with van der Waals surface area (Å²) in [6, 6.07) is 13.8. The maximum Gasteiger partial charge on any atom is 0.252 e. The number of hydrogen-bond acceptors (Lipinski definition) is 3. The molecule has 2 aromatic rings. The third kappa shape index (κ3) is 4.48. The number of amides is 1. The lowest BCUT2D eigenvalue weighted by molar-refractivity contribution is 0.0949. The molecule has 0 aliphatic heterocycles. The lowest BCUT2D eigenvalue weighted by atomic mass is 10.2. The Kier molecular flexibility index (Phi) is 5.26. The van der Waals surface area contributed by atoms with Crippen LogP contribution in [0.2, 0.25) is 0 Å². The molecule has 0 atom stereocenters. The van der Waals surface area contributed by atoms with Gasteiger partial charge in [-0.05, 0) is 24.7 Å². The molecule has 4 heteroatoms. The topological polar surface area (TPSA) is 45.2 Å². The van der Waals surface area contributed by atoms with Crippen LogP contribution in [0.3, 0.4) is 0 Å². The van der Waals surface area contributed by atoms with Gasteiger partial charge >= 0.3 is 0 Å². The van der Waals surface area contributed by atoms with Crippen molar-refractivity contribution in [2.24, 2.45) is 0 Å². The lowest BCUT2D eigenvalue weighted by Crippen LogP contribution is -2.32. The van der Waals surface area contributed by atoms with E-state index in [2.05, 4.69) is 27.3 Å². The highest BCUT2D eigenvalue weighted by molar-refractivity contribution is 5.93. The maximum absolute atomic E-state index is 11.8. The van der Waals surface area contributed by atoms with Crippen molar-refractivity contribution in [1.29, 1.82) is 0 Å². The molecule has 2 rings (SSSR count). The van der Waals surface area contributed by atoms with Crippen LogP contribution in [0.25, 0.3) is 0 Å². The zero-order valence-corrected chi connectivity index (χ0v) is 11.6. The molecule has 0 aliphatic rings. The summed E-state index contributed by atoms with van der Waals surface area (Å²) in [6.45, 7) is 2.31. The summed E-state index contributed by atoms with van der Waals surface area (Å²) in [5, 5.41) is 2.90. The quantitative estimate of drug-likeness (QED) is 0.871. The third-order valence-electron chi connectivity index (χ3n) is 3.00. The summed E-state index contributed by atoms with van der Waals surface area (Å²) in [6.07, 6.45) is 3.23. The highest BCUT2D eigenvalue weighted by Crippen LogP contribution is 2.01. The van der Waals surface area contributed by atoms with E-state index in [0.29, 0.717) is 12.1 Å². The van der Waals surface area contributed by atoms with E-state index >= 15 is 0 Å². The molecule has 1 N–H and O–H groups in total. The summed E-state index contributed by atoms with van der Waals surface area (Å²) in [7, 11) is 2.04. The fourth-order valence-corrected chi connectivity index (χ4v) is 1.93. The first-order valence-electron chi connectivity index (χ1n) is 6.66. The number of rotatable bonds is 6. The first-order chi connectivity index (χ1) is 9.75. The number of aromatic nitrogens is 1. The zero-order valence-electron chi connectivity index (χ0n) is 11.6. The molecule has 0 aliphatic carbocycles. The Bertz CT molecular complexity index is 528. The minimum Gasteiger partial charge on any atom is -0.351 e. The predicted molar refractivity (Wildman–Crippen MR) is 79.3 cm³/mol. The van der Waals surface area contributed by atoms with Crippen LogP contribution < -0.4 is 5.32 Å². The fraction of sp³-hybridized carbons (Fsp3) is 0.250. The van der Waals surface area contributed by atoms with Crippen LogP contribution in [0.4, 0.5) is 0 Å². The Hall–Kier alpha value is -2.20. The Morgan fingerprint density at radius 3 is 2.70 bits per heavy atom. The molecule has 0 saturated heterocycles. The van der Waals surface area contributed by atoms with Crippen molar-refractivity contribution >= 4 is 5.91 Å². The van der Waals surface area contributed by atoms with Gasteiger partial charge in [-0.2, -0.15) is 0 Å². The molecule has 104 valence electrons. The van der Waals surface area contributed by atoms with Gasteiger partial charge < -0.3 is 10.2 Å². The van der Waals surface area contributed by atoms with Crippen LogP contribution in [0.15, 0.2) is 54.9 Å². The molecule has 0 unspecified atom stereocenters. The van der Waals surface area contributed by atoms with Crippen molar-refractivity contribution in [3.05, 3.63) is 66.0 Å². The summed E-state index contributed by atoms with van der Waals surface area (Å²) < 4.78 is 0. The SMILES string of the molecule is CN(CCNC(=O)c1cccnc1)Cc1ccccc1. The van der Waals surface area contributed by atoms with Crippen molar-refractivity contribution in [1.82, 2.24) is 15.2 Å². The third-order valence-corrected chi connectivity index (χ3v) is 3.00. The summed E-state index contributed by atoms with van der Waals surface area (Å²) in [5.74, 6) is -0.0776. The van der Waals surface area contributed by atoms with Crippen LogP contribution in [0.5, 0.6) is 0 Å². The van der Waals surface area contributed by atoms with Crippen LogP contribution in [-0.4, -0.2) is 35.9 Å². The van der Waals surface area contributed by atoms with Crippen molar-refractivity contribution in [2.45, 2.75) is 6.54 Å². The number of nitrogens with zero attached hydrogens (tertiary/aromatic N) is 2. The van der Waals surface area contributed by atoms with Gasteiger partial charge in [-0.25, -0.2) is 0 Å². The van der Waals surface area contributed by atoms with E-state index < -0.39 is 0 Å². The van der Waals surface area contributed by atoms with Crippen molar-refractivity contribution in [2.75, 3.05) is 20.1 Å². The average Bonchev–Trinajstić information content (AvgIpc) is 2.49. The van der Waals surface area contributed by atoms with E-state index in [0.717, 1.165) is 13.1 Å². The van der Waals surface area contributed by atoms with E-state index in [9.17, 15) is 4.79 Å². The standard InChI is InChI=1S/C16H19N3O/c1-19(13-14-6-3-2-4-7-14)11-10-18-16(20)15-8-5-9-17-12-15/h2-9,12H,10-11,13H2,1H3,(H,18,20). The summed E-state index contributed by atoms with van der Waals surface area (Å²) in [5.41, 5.74) is 1.87. The van der Waals surface area contributed by atoms with E-state index in [1.54, 1.807) is 24.5 Å². The fourth-order valence-electron chi connectivity index (χ4n) is 1.93. The number of carbonyl (C=O) groups is 1. The first-order valence-corrected chi connectivity index (χ1v) is 6.66. The second-order valence-electron chi connectivity index (χ2n) is 4.72. The Balaban J connectivity index is 1.72. The van der Waals surface area contributed by atoms with Crippen LogP contribution in [0, 0.1) is 0 Å². The van der Waals surface area contributed by atoms with Gasteiger partial charge in [0.2, 0.25) is 0 Å². The van der Waals surface area contributed by atoms with E-state index in [-0.39, 0.29) is 5.91 Å². The van der Waals surface area contributed by atoms with Gasteiger partial charge in [0, 0.05) is 32.0 Å². The number of hydrogen-bond donors (Lipinski definition) is 1. The minimum absolute atomic E-state index is 0.0776. The Morgan fingerprint density at radius 2 is 2.00 bits per heavy atom. The number of likely N-dealkylation sites (N-methyl/N-ethyl adjacent to an activating group) is 1. The number of nitrogens with one attached hydrogen (secondary N) is 1. The largest absolute Gasteiger partial charge is 0.351 e. The summed E-state index contributed by atoms with van der Waals surface area (Å²) >= 11 is 0. The minimum atomic E-state index is -0.0776. The molecular weight excluding hydrogens is 250 g/mol. The average molecular weight is 269 g/mol. The molecule has 4 nitrogen and oxygen atoms in total. The van der Waals surface area contributed by atoms with Gasteiger partial charge in [0.1, 0.15) is 0 Å². The van der Waals surface area contributed by atoms with Gasteiger partial charge in [-0.15, -0.1) is 0 Å². The van der Waals surface area contributed by atoms with Gasteiger partial charge in [0.05, 0.1) is 5.56 Å². The van der Waals surface area contributed by atoms with E-state index in [4.69, 9.17) is 0 Å². The first kappa shape index (κ1) is 14.2. The molecule has 1 amide bonds. The lowest BCUT2D eigenvalue weighted by Gasteiger charge is -2.16. The molecule has 0 fully saturated rings. The second kappa shape index (κ2) is 7.40. The molecule has 1 aromatic heterocycles. The van der Waals surface area contributed by atoms with Gasteiger partial charge in [0.15, 0.2) is 0 Å². The molecule has 0 radical (unpaired) electrons. The Labute approximate surface area is 119 Å². The molecule has 1 heterocycles. The van der Waals surface area contributed by atoms with Crippen LogP contribution in [0.1, 0.15) is 15.9 Å². The molecule has 1 aromatic carbocycles. The maximum atomic E-state index is 11.8.